The molecule has 1 heterocycles. The number of rotatable bonds is 5. The number of nitrogens with one attached hydrogen (secondary N) is 1. The Labute approximate surface area is 93.0 Å². The molecule has 84 valence electrons. The molecule has 14 heavy (non-hydrogen) atoms. The molecule has 0 spiro atoms. The summed E-state index contributed by atoms with van der Waals surface area (Å²) in [5, 5.41) is 3.44. The molecule has 0 amide bonds. The molecular formula is C11H23ClN2. The van der Waals surface area contributed by atoms with Gasteiger partial charge < -0.3 is 10.2 Å². The van der Waals surface area contributed by atoms with Crippen LogP contribution in [-0.4, -0.2) is 43.0 Å². The molecule has 2 nitrogen and oxygen atoms in total. The van der Waals surface area contributed by atoms with E-state index in [1.54, 1.807) is 0 Å². The topological polar surface area (TPSA) is 15.3 Å². The number of alkyl halides is 1. The molecular weight excluding hydrogens is 196 g/mol. The molecule has 1 N–H and O–H groups in total. The van der Waals surface area contributed by atoms with Gasteiger partial charge >= 0.3 is 0 Å². The largest absolute Gasteiger partial charge is 0.313 e. The van der Waals surface area contributed by atoms with Crippen molar-refractivity contribution in [3.63, 3.8) is 0 Å². The van der Waals surface area contributed by atoms with Crippen LogP contribution in [-0.2, 0) is 0 Å². The fourth-order valence-corrected chi connectivity index (χ4v) is 2.17. The van der Waals surface area contributed by atoms with Crippen LogP contribution in [0, 0.1) is 0 Å². The Morgan fingerprint density at radius 1 is 1.50 bits per heavy atom. The Bertz CT molecular complexity index is 152. The van der Waals surface area contributed by atoms with Gasteiger partial charge in [0, 0.05) is 18.0 Å². The van der Waals surface area contributed by atoms with Gasteiger partial charge in [0.15, 0.2) is 0 Å². The molecule has 3 heteroatoms. The fraction of sp³-hybridized carbons (Fsp3) is 1.00. The number of likely N-dealkylation sites (tertiary alicyclic amines) is 1. The summed E-state index contributed by atoms with van der Waals surface area (Å²) in [6.07, 6.45) is 5.41. The van der Waals surface area contributed by atoms with Crippen molar-refractivity contribution in [3.8, 4) is 0 Å². The Hall–Kier alpha value is 0.210. The number of hydrogen-bond acceptors (Lipinski definition) is 2. The molecule has 0 saturated carbocycles. The van der Waals surface area contributed by atoms with Crippen LogP contribution in [0.3, 0.4) is 0 Å². The predicted octanol–water partition coefficient (Wildman–Crippen LogP) is 2.08. The maximum absolute atomic E-state index is 5.73. The summed E-state index contributed by atoms with van der Waals surface area (Å²) in [7, 11) is 2.24. The minimum absolute atomic E-state index is 0.450. The average Bonchev–Trinajstić information content (AvgIpc) is 2.20. The molecule has 1 saturated heterocycles. The van der Waals surface area contributed by atoms with Crippen LogP contribution in [0.15, 0.2) is 0 Å². The summed E-state index contributed by atoms with van der Waals surface area (Å²) in [5.41, 5.74) is 0. The fourth-order valence-electron chi connectivity index (χ4n) is 2.06. The average molecular weight is 219 g/mol. The highest BCUT2D eigenvalue weighted by atomic mass is 35.5. The van der Waals surface area contributed by atoms with E-state index < -0.39 is 0 Å². The minimum atomic E-state index is 0.450. The summed E-state index contributed by atoms with van der Waals surface area (Å²) in [6.45, 7) is 4.51. The van der Waals surface area contributed by atoms with Crippen LogP contribution in [0.5, 0.6) is 0 Å². The number of hydrogen-bond donors (Lipinski definition) is 1. The number of halogens is 1. The predicted molar refractivity (Wildman–Crippen MR) is 63.1 cm³/mol. The molecule has 0 radical (unpaired) electrons. The van der Waals surface area contributed by atoms with E-state index in [1.165, 1.54) is 32.2 Å². The normalized spacial score (nSPS) is 26.4. The molecule has 0 aliphatic carbocycles. The molecule has 1 rings (SSSR count). The Balaban J connectivity index is 2.10. The van der Waals surface area contributed by atoms with Gasteiger partial charge in [-0.2, -0.15) is 0 Å². The minimum Gasteiger partial charge on any atom is -0.313 e. The van der Waals surface area contributed by atoms with Gasteiger partial charge in [0.2, 0.25) is 0 Å². The zero-order chi connectivity index (χ0) is 10.4. The highest BCUT2D eigenvalue weighted by Gasteiger charge is 2.17. The van der Waals surface area contributed by atoms with Crippen molar-refractivity contribution in [3.05, 3.63) is 0 Å². The van der Waals surface area contributed by atoms with Gasteiger partial charge in [-0.25, -0.2) is 0 Å². The van der Waals surface area contributed by atoms with E-state index in [1.807, 2.05) is 0 Å². The lowest BCUT2D eigenvalue weighted by atomic mass is 10.0. The molecule has 0 aromatic rings. The molecule has 1 aliphatic heterocycles. The molecule has 2 unspecified atom stereocenters. The monoisotopic (exact) mass is 218 g/mol. The SMILES string of the molecule is CC(CCl)NCCC1CCCCN1C. The first-order valence-electron chi connectivity index (χ1n) is 5.73. The highest BCUT2D eigenvalue weighted by molar-refractivity contribution is 6.18. The third-order valence-electron chi connectivity index (χ3n) is 3.12. The van der Waals surface area contributed by atoms with E-state index in [2.05, 4.69) is 24.2 Å². The first-order chi connectivity index (χ1) is 6.74. The smallest absolute Gasteiger partial charge is 0.0374 e. The lowest BCUT2D eigenvalue weighted by Gasteiger charge is -2.32. The Morgan fingerprint density at radius 3 is 2.93 bits per heavy atom. The van der Waals surface area contributed by atoms with E-state index in [-0.39, 0.29) is 0 Å². The van der Waals surface area contributed by atoms with Crippen LogP contribution in [0.25, 0.3) is 0 Å². The van der Waals surface area contributed by atoms with E-state index in [0.717, 1.165) is 12.6 Å². The third kappa shape index (κ3) is 4.16. The van der Waals surface area contributed by atoms with Gasteiger partial charge in [-0.1, -0.05) is 6.42 Å². The standard InChI is InChI=1S/C11H23ClN2/c1-10(9-12)13-7-6-11-5-3-4-8-14(11)2/h10-11,13H,3-9H2,1-2H3. The maximum atomic E-state index is 5.73. The summed E-state index contributed by atoms with van der Waals surface area (Å²) < 4.78 is 0. The first kappa shape index (κ1) is 12.3. The van der Waals surface area contributed by atoms with Gasteiger partial charge in [0.25, 0.3) is 0 Å². The zero-order valence-electron chi connectivity index (χ0n) is 9.43. The quantitative estimate of drug-likeness (QED) is 0.711. The Kier molecular flexibility index (Phi) is 5.83. The molecule has 1 aliphatic rings. The maximum Gasteiger partial charge on any atom is 0.0374 e. The van der Waals surface area contributed by atoms with Crippen molar-refractivity contribution >= 4 is 11.6 Å². The second-order valence-corrected chi connectivity index (χ2v) is 4.74. The number of nitrogens with zero attached hydrogens (tertiary/aromatic N) is 1. The van der Waals surface area contributed by atoms with E-state index >= 15 is 0 Å². The van der Waals surface area contributed by atoms with Crippen LogP contribution in [0.4, 0.5) is 0 Å². The second kappa shape index (κ2) is 6.65. The van der Waals surface area contributed by atoms with Crippen molar-refractivity contribution in [2.24, 2.45) is 0 Å². The van der Waals surface area contributed by atoms with Crippen LogP contribution in [0.1, 0.15) is 32.6 Å². The van der Waals surface area contributed by atoms with Crippen molar-refractivity contribution in [2.45, 2.75) is 44.7 Å². The summed E-state index contributed by atoms with van der Waals surface area (Å²) >= 11 is 5.73. The lowest BCUT2D eigenvalue weighted by molar-refractivity contribution is 0.175. The summed E-state index contributed by atoms with van der Waals surface area (Å²) in [5.74, 6) is 0.709. The zero-order valence-corrected chi connectivity index (χ0v) is 10.2. The Morgan fingerprint density at radius 2 is 2.29 bits per heavy atom. The van der Waals surface area contributed by atoms with Crippen LogP contribution in [0.2, 0.25) is 0 Å². The second-order valence-electron chi connectivity index (χ2n) is 4.43. The van der Waals surface area contributed by atoms with Gasteiger partial charge in [0.05, 0.1) is 0 Å². The van der Waals surface area contributed by atoms with Crippen LogP contribution >= 0.6 is 11.6 Å². The lowest BCUT2D eigenvalue weighted by Crippen LogP contribution is -2.39. The van der Waals surface area contributed by atoms with Crippen molar-refractivity contribution < 1.29 is 0 Å². The van der Waals surface area contributed by atoms with E-state index in [4.69, 9.17) is 11.6 Å². The first-order valence-corrected chi connectivity index (χ1v) is 6.27. The number of piperidine rings is 1. The van der Waals surface area contributed by atoms with Gasteiger partial charge in [-0.15, -0.1) is 11.6 Å². The molecule has 0 aromatic carbocycles. The van der Waals surface area contributed by atoms with Crippen molar-refractivity contribution in [1.82, 2.24) is 10.2 Å². The third-order valence-corrected chi connectivity index (χ3v) is 3.59. The van der Waals surface area contributed by atoms with Gasteiger partial charge in [-0.3, -0.25) is 0 Å². The van der Waals surface area contributed by atoms with Crippen molar-refractivity contribution in [1.29, 1.82) is 0 Å². The molecule has 0 bridgehead atoms. The van der Waals surface area contributed by atoms with E-state index in [0.29, 0.717) is 11.9 Å². The highest BCUT2D eigenvalue weighted by Crippen LogP contribution is 2.17. The molecule has 1 fully saturated rings. The van der Waals surface area contributed by atoms with Crippen molar-refractivity contribution in [2.75, 3.05) is 26.0 Å². The molecule has 0 aromatic heterocycles. The van der Waals surface area contributed by atoms with E-state index in [9.17, 15) is 0 Å². The molecule has 2 atom stereocenters. The van der Waals surface area contributed by atoms with Gasteiger partial charge in [0.1, 0.15) is 0 Å². The summed E-state index contributed by atoms with van der Waals surface area (Å²) in [4.78, 5) is 2.50. The van der Waals surface area contributed by atoms with Crippen LogP contribution < -0.4 is 5.32 Å². The van der Waals surface area contributed by atoms with Gasteiger partial charge in [-0.05, 0) is 46.3 Å². The summed E-state index contributed by atoms with van der Waals surface area (Å²) in [6, 6.07) is 1.24.